The van der Waals surface area contributed by atoms with Gasteiger partial charge >= 0.3 is 12.1 Å². The van der Waals surface area contributed by atoms with Crippen LogP contribution in [0.2, 0.25) is 0 Å². The van der Waals surface area contributed by atoms with Crippen LogP contribution in [0.4, 0.5) is 4.79 Å². The summed E-state index contributed by atoms with van der Waals surface area (Å²) in [4.78, 5) is 34.0. The number of ether oxygens (including phenoxy) is 1. The molecule has 0 heterocycles. The van der Waals surface area contributed by atoms with E-state index in [-0.39, 0.29) is 18.9 Å². The minimum Gasteiger partial charge on any atom is -0.480 e. The molecule has 3 N–H and O–H groups in total. The van der Waals surface area contributed by atoms with Crippen molar-refractivity contribution >= 4 is 18.0 Å². The second kappa shape index (κ2) is 9.38. The number of carboxylic acid groups (broad SMARTS) is 1. The fourth-order valence-corrected chi connectivity index (χ4v) is 1.77. The molecule has 22 heavy (non-hydrogen) atoms. The third kappa shape index (κ3) is 6.25. The van der Waals surface area contributed by atoms with E-state index in [1.165, 1.54) is 0 Å². The van der Waals surface area contributed by atoms with E-state index >= 15 is 0 Å². The molecule has 1 aromatic carbocycles. The third-order valence-corrected chi connectivity index (χ3v) is 2.86. The van der Waals surface area contributed by atoms with E-state index in [2.05, 4.69) is 15.4 Å². The lowest BCUT2D eigenvalue weighted by atomic mass is 10.1. The van der Waals surface area contributed by atoms with Crippen LogP contribution in [0, 0.1) is 0 Å². The molecule has 0 bridgehead atoms. The summed E-state index contributed by atoms with van der Waals surface area (Å²) in [5.74, 6) is -1.35. The van der Waals surface area contributed by atoms with Gasteiger partial charge in [0.1, 0.15) is 6.04 Å². The van der Waals surface area contributed by atoms with Gasteiger partial charge in [-0.05, 0) is 31.9 Å². The molecule has 0 saturated carbocycles. The minimum absolute atomic E-state index is 0.172. The molecule has 1 aromatic rings. The van der Waals surface area contributed by atoms with Gasteiger partial charge in [-0.25, -0.2) is 9.59 Å². The van der Waals surface area contributed by atoms with Crippen LogP contribution in [-0.4, -0.2) is 42.3 Å². The minimum atomic E-state index is -1.14. The Labute approximate surface area is 128 Å². The van der Waals surface area contributed by atoms with Gasteiger partial charge in [0.25, 0.3) is 5.91 Å². The predicted octanol–water partition coefficient (Wildman–Crippen LogP) is 1.40. The van der Waals surface area contributed by atoms with Gasteiger partial charge in [0.2, 0.25) is 0 Å². The molecule has 0 saturated heterocycles. The quantitative estimate of drug-likeness (QED) is 0.630. The van der Waals surface area contributed by atoms with Crippen molar-refractivity contribution in [1.82, 2.24) is 10.6 Å². The third-order valence-electron chi connectivity index (χ3n) is 2.86. The maximum Gasteiger partial charge on any atom is 0.407 e. The summed E-state index contributed by atoms with van der Waals surface area (Å²) in [7, 11) is 0. The van der Waals surface area contributed by atoms with Crippen molar-refractivity contribution in [3.63, 3.8) is 0 Å². The molecule has 0 spiro atoms. The van der Waals surface area contributed by atoms with Crippen LogP contribution in [0.3, 0.4) is 0 Å². The van der Waals surface area contributed by atoms with Gasteiger partial charge in [-0.1, -0.05) is 18.2 Å². The summed E-state index contributed by atoms with van der Waals surface area (Å²) >= 11 is 0. The standard InChI is InChI=1S/C15H20N2O5/c1-2-22-15(21)17-12(14(19)20)9-6-10-16-13(18)11-7-4-3-5-8-11/h3-5,7-8,12H,2,6,9-10H2,1H3,(H,16,18)(H,17,21)(H,19,20)/t12-/m0/s1. The first-order valence-corrected chi connectivity index (χ1v) is 7.04. The highest BCUT2D eigenvalue weighted by molar-refractivity contribution is 5.94. The summed E-state index contributed by atoms with van der Waals surface area (Å²) in [5, 5.41) is 14.0. The summed E-state index contributed by atoms with van der Waals surface area (Å²) in [6.07, 6.45) is -0.145. The van der Waals surface area contributed by atoms with Crippen molar-refractivity contribution in [2.75, 3.05) is 13.2 Å². The molecule has 1 rings (SSSR count). The highest BCUT2D eigenvalue weighted by atomic mass is 16.5. The maximum atomic E-state index is 11.8. The number of aliphatic carboxylic acids is 1. The molecule has 0 aliphatic heterocycles. The van der Waals surface area contributed by atoms with Crippen molar-refractivity contribution in [1.29, 1.82) is 0 Å². The van der Waals surface area contributed by atoms with Crippen LogP contribution in [0.15, 0.2) is 30.3 Å². The lowest BCUT2D eigenvalue weighted by Crippen LogP contribution is -2.41. The van der Waals surface area contributed by atoms with Crippen molar-refractivity contribution in [3.05, 3.63) is 35.9 Å². The first kappa shape index (κ1) is 17.5. The SMILES string of the molecule is CCOC(=O)N[C@@H](CCCNC(=O)c1ccccc1)C(=O)O. The van der Waals surface area contributed by atoms with Gasteiger partial charge in [0.15, 0.2) is 0 Å². The Kier molecular flexibility index (Phi) is 7.45. The Morgan fingerprint density at radius 1 is 1.23 bits per heavy atom. The number of nitrogens with one attached hydrogen (secondary N) is 2. The Morgan fingerprint density at radius 3 is 2.50 bits per heavy atom. The first-order chi connectivity index (χ1) is 10.5. The van der Waals surface area contributed by atoms with Gasteiger partial charge in [0, 0.05) is 12.1 Å². The molecule has 0 aliphatic rings. The molecule has 2 amide bonds. The van der Waals surface area contributed by atoms with Crippen molar-refractivity contribution in [2.45, 2.75) is 25.8 Å². The molecule has 1 atom stereocenters. The van der Waals surface area contributed by atoms with Gasteiger partial charge in [-0.2, -0.15) is 0 Å². The summed E-state index contributed by atoms with van der Waals surface area (Å²) < 4.78 is 4.64. The second-order valence-electron chi connectivity index (χ2n) is 4.52. The molecular formula is C15H20N2O5. The number of carbonyl (C=O) groups is 3. The van der Waals surface area contributed by atoms with Crippen molar-refractivity contribution < 1.29 is 24.2 Å². The number of benzene rings is 1. The molecule has 0 unspecified atom stereocenters. The molecule has 7 nitrogen and oxygen atoms in total. The molecule has 0 fully saturated rings. The van der Waals surface area contributed by atoms with Crippen LogP contribution in [0.25, 0.3) is 0 Å². The number of hydrogen-bond acceptors (Lipinski definition) is 4. The fourth-order valence-electron chi connectivity index (χ4n) is 1.77. The zero-order chi connectivity index (χ0) is 16.4. The van der Waals surface area contributed by atoms with Gasteiger partial charge in [-0.15, -0.1) is 0 Å². The van der Waals surface area contributed by atoms with Gasteiger partial charge in [0.05, 0.1) is 6.61 Å². The van der Waals surface area contributed by atoms with Crippen LogP contribution >= 0.6 is 0 Å². The largest absolute Gasteiger partial charge is 0.480 e. The van der Waals surface area contributed by atoms with Crippen LogP contribution in [0.1, 0.15) is 30.1 Å². The zero-order valence-electron chi connectivity index (χ0n) is 12.4. The zero-order valence-corrected chi connectivity index (χ0v) is 12.4. The van der Waals surface area contributed by atoms with Crippen molar-refractivity contribution in [3.8, 4) is 0 Å². The number of amides is 2. The Bertz CT molecular complexity index is 504. The predicted molar refractivity (Wildman–Crippen MR) is 79.6 cm³/mol. The second-order valence-corrected chi connectivity index (χ2v) is 4.52. The monoisotopic (exact) mass is 308 g/mol. The molecule has 7 heteroatoms. The van der Waals surface area contributed by atoms with E-state index < -0.39 is 18.1 Å². The van der Waals surface area contributed by atoms with E-state index in [0.717, 1.165) is 0 Å². The molecular weight excluding hydrogens is 288 g/mol. The molecule has 0 aliphatic carbocycles. The number of alkyl carbamates (subject to hydrolysis) is 1. The first-order valence-electron chi connectivity index (χ1n) is 7.04. The number of carbonyl (C=O) groups excluding carboxylic acids is 2. The number of hydrogen-bond donors (Lipinski definition) is 3. The Balaban J connectivity index is 2.33. The fraction of sp³-hybridized carbons (Fsp3) is 0.400. The molecule has 0 aromatic heterocycles. The summed E-state index contributed by atoms with van der Waals surface area (Å²) in [6.45, 7) is 2.13. The van der Waals surface area contributed by atoms with Crippen LogP contribution in [-0.2, 0) is 9.53 Å². The topological polar surface area (TPSA) is 105 Å². The van der Waals surface area contributed by atoms with Crippen LogP contribution < -0.4 is 10.6 Å². The molecule has 0 radical (unpaired) electrons. The van der Waals surface area contributed by atoms with Crippen molar-refractivity contribution in [2.24, 2.45) is 0 Å². The Morgan fingerprint density at radius 2 is 1.91 bits per heavy atom. The van der Waals surface area contributed by atoms with Gasteiger partial charge < -0.3 is 20.5 Å². The van der Waals surface area contributed by atoms with E-state index in [4.69, 9.17) is 5.11 Å². The number of rotatable bonds is 8. The van der Waals surface area contributed by atoms with Gasteiger partial charge in [-0.3, -0.25) is 4.79 Å². The van der Waals surface area contributed by atoms with E-state index in [9.17, 15) is 14.4 Å². The summed E-state index contributed by atoms with van der Waals surface area (Å²) in [6, 6.07) is 7.69. The maximum absolute atomic E-state index is 11.8. The average molecular weight is 308 g/mol. The lowest BCUT2D eigenvalue weighted by molar-refractivity contribution is -0.139. The highest BCUT2D eigenvalue weighted by Crippen LogP contribution is 2.00. The normalized spacial score (nSPS) is 11.3. The Hall–Kier alpha value is -2.57. The summed E-state index contributed by atoms with van der Waals surface area (Å²) in [5.41, 5.74) is 0.543. The smallest absolute Gasteiger partial charge is 0.407 e. The van der Waals surface area contributed by atoms with E-state index in [0.29, 0.717) is 18.5 Å². The van der Waals surface area contributed by atoms with Crippen LogP contribution in [0.5, 0.6) is 0 Å². The average Bonchev–Trinajstić information content (AvgIpc) is 2.51. The van der Waals surface area contributed by atoms with E-state index in [1.807, 2.05) is 6.07 Å². The van der Waals surface area contributed by atoms with E-state index in [1.54, 1.807) is 31.2 Å². The number of carboxylic acids is 1. The highest BCUT2D eigenvalue weighted by Gasteiger charge is 2.20. The molecule has 120 valence electrons. The lowest BCUT2D eigenvalue weighted by Gasteiger charge is -2.14.